The first kappa shape index (κ1) is 13.6. The van der Waals surface area contributed by atoms with E-state index in [-0.39, 0.29) is 23.3 Å². The summed E-state index contributed by atoms with van der Waals surface area (Å²) in [5.74, 6) is 0.636. The van der Waals surface area contributed by atoms with Gasteiger partial charge in [0.15, 0.2) is 0 Å². The Morgan fingerprint density at radius 2 is 2.00 bits per heavy atom. The Balaban J connectivity index is 1.93. The zero-order valence-electron chi connectivity index (χ0n) is 9.89. The van der Waals surface area contributed by atoms with Crippen LogP contribution in [0.3, 0.4) is 0 Å². The van der Waals surface area contributed by atoms with Crippen molar-refractivity contribution in [1.29, 1.82) is 0 Å². The molecular weight excluding hydrogens is 274 g/mol. The molecule has 1 aromatic carbocycles. The van der Waals surface area contributed by atoms with E-state index in [2.05, 4.69) is 5.32 Å². The topological polar surface area (TPSA) is 66.4 Å². The first-order valence-corrected chi connectivity index (χ1v) is 8.08. The summed E-state index contributed by atoms with van der Waals surface area (Å²) in [4.78, 5) is 0. The van der Waals surface area contributed by atoms with Crippen molar-refractivity contribution in [3.05, 3.63) is 28.8 Å². The fourth-order valence-electron chi connectivity index (χ4n) is 2.06. The maximum absolute atomic E-state index is 11.3. The SMILES string of the molecule is O=S1(=O)CCC(NCc2c(O)cccc2Cl)CC1. The molecule has 0 spiro atoms. The van der Waals surface area contributed by atoms with Gasteiger partial charge in [0.05, 0.1) is 11.5 Å². The first-order chi connectivity index (χ1) is 8.48. The summed E-state index contributed by atoms with van der Waals surface area (Å²) in [6, 6.07) is 5.18. The zero-order chi connectivity index (χ0) is 13.2. The van der Waals surface area contributed by atoms with Crippen molar-refractivity contribution in [2.75, 3.05) is 11.5 Å². The fraction of sp³-hybridized carbons (Fsp3) is 0.500. The van der Waals surface area contributed by atoms with Gasteiger partial charge in [-0.05, 0) is 25.0 Å². The average molecular weight is 290 g/mol. The molecule has 1 aromatic rings. The van der Waals surface area contributed by atoms with Gasteiger partial charge in [0.1, 0.15) is 15.6 Å². The van der Waals surface area contributed by atoms with Gasteiger partial charge in [0.2, 0.25) is 0 Å². The lowest BCUT2D eigenvalue weighted by Crippen LogP contribution is -2.37. The van der Waals surface area contributed by atoms with Gasteiger partial charge in [0.25, 0.3) is 0 Å². The zero-order valence-corrected chi connectivity index (χ0v) is 11.5. The van der Waals surface area contributed by atoms with E-state index in [0.717, 1.165) is 0 Å². The van der Waals surface area contributed by atoms with Crippen LogP contribution in [0.25, 0.3) is 0 Å². The second kappa shape index (κ2) is 5.47. The number of nitrogens with one attached hydrogen (secondary N) is 1. The van der Waals surface area contributed by atoms with Crippen molar-refractivity contribution < 1.29 is 13.5 Å². The standard InChI is InChI=1S/C12H16ClNO3S/c13-11-2-1-3-12(15)10(11)8-14-9-4-6-18(16,17)7-5-9/h1-3,9,14-15H,4-8H2. The highest BCUT2D eigenvalue weighted by atomic mass is 35.5. The van der Waals surface area contributed by atoms with E-state index in [4.69, 9.17) is 11.6 Å². The molecule has 0 unspecified atom stereocenters. The summed E-state index contributed by atoms with van der Waals surface area (Å²) in [6.07, 6.45) is 1.24. The van der Waals surface area contributed by atoms with Crippen LogP contribution in [0.4, 0.5) is 0 Å². The highest BCUT2D eigenvalue weighted by molar-refractivity contribution is 7.91. The average Bonchev–Trinajstić information content (AvgIpc) is 2.30. The van der Waals surface area contributed by atoms with Gasteiger partial charge in [-0.2, -0.15) is 0 Å². The van der Waals surface area contributed by atoms with Crippen LogP contribution < -0.4 is 5.32 Å². The van der Waals surface area contributed by atoms with Crippen molar-refractivity contribution >= 4 is 21.4 Å². The molecule has 18 heavy (non-hydrogen) atoms. The molecule has 1 fully saturated rings. The second-order valence-electron chi connectivity index (χ2n) is 4.54. The van der Waals surface area contributed by atoms with E-state index in [0.29, 0.717) is 30.0 Å². The lowest BCUT2D eigenvalue weighted by molar-refractivity contribution is 0.440. The number of aromatic hydroxyl groups is 1. The molecular formula is C12H16ClNO3S. The maximum Gasteiger partial charge on any atom is 0.150 e. The van der Waals surface area contributed by atoms with E-state index < -0.39 is 9.84 Å². The number of phenols is 1. The predicted molar refractivity (Wildman–Crippen MR) is 71.6 cm³/mol. The number of rotatable bonds is 3. The van der Waals surface area contributed by atoms with Gasteiger partial charge < -0.3 is 10.4 Å². The van der Waals surface area contributed by atoms with Crippen LogP contribution in [0.1, 0.15) is 18.4 Å². The van der Waals surface area contributed by atoms with Gasteiger partial charge in [-0.25, -0.2) is 8.42 Å². The summed E-state index contributed by atoms with van der Waals surface area (Å²) in [5, 5.41) is 13.5. The van der Waals surface area contributed by atoms with Crippen molar-refractivity contribution in [3.8, 4) is 5.75 Å². The van der Waals surface area contributed by atoms with Crippen LogP contribution in [-0.4, -0.2) is 31.1 Å². The van der Waals surface area contributed by atoms with Gasteiger partial charge in [-0.3, -0.25) is 0 Å². The van der Waals surface area contributed by atoms with E-state index in [1.54, 1.807) is 18.2 Å². The Morgan fingerprint density at radius 1 is 1.33 bits per heavy atom. The monoisotopic (exact) mass is 289 g/mol. The van der Waals surface area contributed by atoms with Crippen LogP contribution in [0.2, 0.25) is 5.02 Å². The predicted octanol–water partition coefficient (Wildman–Crippen LogP) is 1.71. The molecule has 0 amide bonds. The molecule has 0 bridgehead atoms. The molecule has 0 atom stereocenters. The third-order valence-electron chi connectivity index (χ3n) is 3.22. The molecule has 0 aliphatic carbocycles. The van der Waals surface area contributed by atoms with Crippen LogP contribution >= 0.6 is 11.6 Å². The molecule has 1 heterocycles. The Kier molecular flexibility index (Phi) is 4.14. The highest BCUT2D eigenvalue weighted by Crippen LogP contribution is 2.25. The minimum Gasteiger partial charge on any atom is -0.508 e. The summed E-state index contributed by atoms with van der Waals surface area (Å²) >= 11 is 6.00. The smallest absolute Gasteiger partial charge is 0.150 e. The molecule has 4 nitrogen and oxygen atoms in total. The number of halogens is 1. The van der Waals surface area contributed by atoms with Crippen molar-refractivity contribution in [2.24, 2.45) is 0 Å². The summed E-state index contributed by atoms with van der Waals surface area (Å²) in [5.41, 5.74) is 0.660. The van der Waals surface area contributed by atoms with Crippen molar-refractivity contribution in [2.45, 2.75) is 25.4 Å². The Morgan fingerprint density at radius 3 is 2.61 bits per heavy atom. The van der Waals surface area contributed by atoms with Gasteiger partial charge in [0, 0.05) is 23.2 Å². The van der Waals surface area contributed by atoms with Crippen molar-refractivity contribution in [1.82, 2.24) is 5.32 Å². The van der Waals surface area contributed by atoms with Crippen LogP contribution in [0.15, 0.2) is 18.2 Å². The maximum atomic E-state index is 11.3. The number of benzene rings is 1. The van der Waals surface area contributed by atoms with Crippen LogP contribution in [-0.2, 0) is 16.4 Å². The molecule has 100 valence electrons. The quantitative estimate of drug-likeness (QED) is 0.889. The van der Waals surface area contributed by atoms with Crippen molar-refractivity contribution in [3.63, 3.8) is 0 Å². The summed E-state index contributed by atoms with van der Waals surface area (Å²) in [6.45, 7) is 0.455. The number of hydrogen-bond acceptors (Lipinski definition) is 4. The molecule has 0 aromatic heterocycles. The minimum atomic E-state index is -2.83. The molecule has 2 N–H and O–H groups in total. The van der Waals surface area contributed by atoms with Crippen LogP contribution in [0.5, 0.6) is 5.75 Å². The number of hydrogen-bond donors (Lipinski definition) is 2. The lowest BCUT2D eigenvalue weighted by Gasteiger charge is -2.23. The summed E-state index contributed by atoms with van der Waals surface area (Å²) < 4.78 is 22.6. The number of phenolic OH excluding ortho intramolecular Hbond substituents is 1. The van der Waals surface area contributed by atoms with E-state index in [1.165, 1.54) is 0 Å². The summed E-state index contributed by atoms with van der Waals surface area (Å²) in [7, 11) is -2.83. The molecule has 2 rings (SSSR count). The highest BCUT2D eigenvalue weighted by Gasteiger charge is 2.23. The third-order valence-corrected chi connectivity index (χ3v) is 5.29. The largest absolute Gasteiger partial charge is 0.508 e. The van der Waals surface area contributed by atoms with Gasteiger partial charge >= 0.3 is 0 Å². The molecule has 1 saturated heterocycles. The Bertz CT molecular complexity index is 496. The van der Waals surface area contributed by atoms with Gasteiger partial charge in [-0.15, -0.1) is 0 Å². The third kappa shape index (κ3) is 3.37. The molecule has 6 heteroatoms. The minimum absolute atomic E-state index is 0.165. The van der Waals surface area contributed by atoms with Gasteiger partial charge in [-0.1, -0.05) is 17.7 Å². The normalized spacial score (nSPS) is 19.8. The Labute approximate surface area is 112 Å². The second-order valence-corrected chi connectivity index (χ2v) is 7.26. The Hall–Kier alpha value is -0.780. The van der Waals surface area contributed by atoms with Crippen LogP contribution in [0, 0.1) is 0 Å². The van der Waals surface area contributed by atoms with E-state index in [1.807, 2.05) is 0 Å². The van der Waals surface area contributed by atoms with E-state index in [9.17, 15) is 13.5 Å². The molecule has 0 saturated carbocycles. The molecule has 1 aliphatic rings. The fourth-order valence-corrected chi connectivity index (χ4v) is 3.79. The first-order valence-electron chi connectivity index (χ1n) is 5.88. The lowest BCUT2D eigenvalue weighted by atomic mass is 10.1. The van der Waals surface area contributed by atoms with E-state index >= 15 is 0 Å². The molecule has 0 radical (unpaired) electrons. The molecule has 1 aliphatic heterocycles. The number of sulfone groups is 1.